The van der Waals surface area contributed by atoms with E-state index in [-0.39, 0.29) is 48.7 Å². The van der Waals surface area contributed by atoms with Crippen molar-refractivity contribution in [3.05, 3.63) is 72.3 Å². The minimum Gasteiger partial charge on any atom is -0.490 e. The maximum Gasteiger partial charge on any atom is 0.253 e. The number of nitrogens with one attached hydrogen (secondary N) is 3. The quantitative estimate of drug-likeness (QED) is 0.256. The lowest BCUT2D eigenvalue weighted by Crippen LogP contribution is -2.43. The van der Waals surface area contributed by atoms with Gasteiger partial charge in [-0.3, -0.25) is 4.79 Å². The fraction of sp³-hybridized carbons (Fsp3) is 0.394. The monoisotopic (exact) mass is 656 g/mol. The Kier molecular flexibility index (Phi) is 10.7. The zero-order valence-electron chi connectivity index (χ0n) is 25.0. The Morgan fingerprint density at radius 2 is 1.67 bits per heavy atom. The molecule has 3 N–H and O–H groups in total. The van der Waals surface area contributed by atoms with Crippen LogP contribution in [0.25, 0.3) is 22.2 Å². The van der Waals surface area contributed by atoms with E-state index in [2.05, 4.69) is 25.5 Å². The van der Waals surface area contributed by atoms with E-state index in [9.17, 15) is 9.18 Å². The molecule has 4 aromatic rings. The summed E-state index contributed by atoms with van der Waals surface area (Å²) in [6.45, 7) is 6.34. The number of fused-ring (bicyclic) bond motifs is 1. The highest BCUT2D eigenvalue weighted by Crippen LogP contribution is 2.35. The maximum absolute atomic E-state index is 14.5. The summed E-state index contributed by atoms with van der Waals surface area (Å²) in [5.41, 5.74) is 5.14. The first-order chi connectivity index (χ1) is 21.1. The standard InChI is InChI=1S/C33H37FN6O3.2ClH/c34-24-17-25(39-13-9-35-10-14-39)19-28(18-24)42-26-6-11-40(12-7-26)33(41)23-2-4-32(43-27-5-8-36-20-27)29(15-23)22-1-3-30-31(16-22)38-21-37-30;;/h1-4,15-19,21,26-27,35-36H,5-14,20H2,(H,37,38);2*1H/t27-;;/m0../s1. The molecule has 9 nitrogen and oxygen atoms in total. The van der Waals surface area contributed by atoms with Crippen LogP contribution in [-0.4, -0.2) is 85.3 Å². The van der Waals surface area contributed by atoms with Gasteiger partial charge < -0.3 is 34.9 Å². The van der Waals surface area contributed by atoms with Crippen molar-refractivity contribution < 1.29 is 18.7 Å². The Morgan fingerprint density at radius 3 is 2.44 bits per heavy atom. The smallest absolute Gasteiger partial charge is 0.253 e. The Bertz CT molecular complexity index is 1600. The summed E-state index contributed by atoms with van der Waals surface area (Å²) >= 11 is 0. The van der Waals surface area contributed by atoms with Gasteiger partial charge in [0.1, 0.15) is 29.5 Å². The van der Waals surface area contributed by atoms with Crippen molar-refractivity contribution in [3.8, 4) is 22.6 Å². The molecule has 3 saturated heterocycles. The number of halogens is 3. The first-order valence-electron chi connectivity index (χ1n) is 15.3. The highest BCUT2D eigenvalue weighted by Gasteiger charge is 2.27. The number of piperidine rings is 1. The number of benzene rings is 3. The molecule has 0 aliphatic carbocycles. The predicted molar refractivity (Wildman–Crippen MR) is 179 cm³/mol. The number of ether oxygens (including phenoxy) is 2. The van der Waals surface area contributed by atoms with E-state index < -0.39 is 0 Å². The Hall–Kier alpha value is -3.57. The van der Waals surface area contributed by atoms with Gasteiger partial charge in [-0.05, 0) is 54.9 Å². The summed E-state index contributed by atoms with van der Waals surface area (Å²) in [6, 6.07) is 16.8. The van der Waals surface area contributed by atoms with E-state index in [0.29, 0.717) is 37.2 Å². The van der Waals surface area contributed by atoms with E-state index in [4.69, 9.17) is 9.47 Å². The van der Waals surface area contributed by atoms with Gasteiger partial charge in [0.25, 0.3) is 5.91 Å². The Morgan fingerprint density at radius 1 is 0.844 bits per heavy atom. The van der Waals surface area contributed by atoms with Gasteiger partial charge in [-0.1, -0.05) is 6.07 Å². The minimum absolute atomic E-state index is 0. The maximum atomic E-state index is 14.5. The molecule has 0 unspecified atom stereocenters. The van der Waals surface area contributed by atoms with E-state index in [0.717, 1.165) is 79.3 Å². The highest BCUT2D eigenvalue weighted by atomic mass is 35.5. The van der Waals surface area contributed by atoms with Gasteiger partial charge >= 0.3 is 0 Å². The number of rotatable bonds is 7. The van der Waals surface area contributed by atoms with Crippen LogP contribution in [-0.2, 0) is 0 Å². The number of aromatic amines is 1. The number of anilines is 1. The number of amides is 1. The predicted octanol–water partition coefficient (Wildman–Crippen LogP) is 5.05. The van der Waals surface area contributed by atoms with E-state index in [1.165, 1.54) is 6.07 Å². The largest absolute Gasteiger partial charge is 0.490 e. The number of likely N-dealkylation sites (tertiary alicyclic amines) is 1. The van der Waals surface area contributed by atoms with Crippen LogP contribution in [0.4, 0.5) is 10.1 Å². The molecular weight excluding hydrogens is 618 g/mol. The first kappa shape index (κ1) is 32.8. The number of imidazole rings is 1. The summed E-state index contributed by atoms with van der Waals surface area (Å²) in [4.78, 5) is 25.3. The van der Waals surface area contributed by atoms with Crippen molar-refractivity contribution in [2.75, 3.05) is 57.3 Å². The van der Waals surface area contributed by atoms with Crippen LogP contribution in [0.3, 0.4) is 0 Å². The zero-order chi connectivity index (χ0) is 29.2. The average molecular weight is 658 g/mol. The van der Waals surface area contributed by atoms with Gasteiger partial charge in [-0.2, -0.15) is 0 Å². The SMILES string of the molecule is Cl.Cl.O=C(c1ccc(O[C@H]2CCNC2)c(-c2ccc3[nH]cnc3c2)c1)N1CCC(Oc2cc(F)cc(N3CCNCC3)c2)CC1. The number of carbonyl (C=O) groups is 1. The number of carbonyl (C=O) groups excluding carboxylic acids is 1. The molecule has 0 radical (unpaired) electrons. The molecule has 45 heavy (non-hydrogen) atoms. The van der Waals surface area contributed by atoms with Gasteiger partial charge in [0, 0.05) is 87.6 Å². The number of nitrogens with zero attached hydrogens (tertiary/aromatic N) is 3. The minimum atomic E-state index is -0.294. The van der Waals surface area contributed by atoms with E-state index >= 15 is 0 Å². The van der Waals surface area contributed by atoms with Crippen LogP contribution in [0.2, 0.25) is 0 Å². The molecule has 0 bridgehead atoms. The van der Waals surface area contributed by atoms with Crippen molar-refractivity contribution in [3.63, 3.8) is 0 Å². The topological polar surface area (TPSA) is 94.7 Å². The van der Waals surface area contributed by atoms with Crippen LogP contribution >= 0.6 is 24.8 Å². The average Bonchev–Trinajstić information content (AvgIpc) is 3.73. The lowest BCUT2D eigenvalue weighted by Gasteiger charge is -2.33. The molecule has 3 aliphatic rings. The van der Waals surface area contributed by atoms with Crippen LogP contribution in [0.1, 0.15) is 29.6 Å². The lowest BCUT2D eigenvalue weighted by molar-refractivity contribution is 0.0595. The second-order valence-corrected chi connectivity index (χ2v) is 11.6. The molecule has 3 aliphatic heterocycles. The molecule has 12 heteroatoms. The van der Waals surface area contributed by atoms with E-state index in [1.54, 1.807) is 12.4 Å². The number of hydrogen-bond acceptors (Lipinski definition) is 7. The first-order valence-corrected chi connectivity index (χ1v) is 15.3. The second kappa shape index (κ2) is 14.7. The van der Waals surface area contributed by atoms with Crippen LogP contribution in [0.5, 0.6) is 11.5 Å². The summed E-state index contributed by atoms with van der Waals surface area (Å²) in [5.74, 6) is 1.01. The lowest BCUT2D eigenvalue weighted by atomic mass is 9.99. The summed E-state index contributed by atoms with van der Waals surface area (Å²) < 4.78 is 27.1. The molecule has 1 aromatic heterocycles. The molecule has 240 valence electrons. The molecule has 0 saturated carbocycles. The zero-order valence-corrected chi connectivity index (χ0v) is 26.6. The van der Waals surface area contributed by atoms with Crippen LogP contribution < -0.4 is 25.0 Å². The molecular formula is C33H39Cl2FN6O3. The van der Waals surface area contributed by atoms with Gasteiger partial charge in [-0.25, -0.2) is 9.37 Å². The number of piperazine rings is 1. The molecule has 7 rings (SSSR count). The summed E-state index contributed by atoms with van der Waals surface area (Å²) in [5, 5.41) is 6.68. The molecule has 0 spiro atoms. The highest BCUT2D eigenvalue weighted by molar-refractivity contribution is 5.96. The van der Waals surface area contributed by atoms with Gasteiger partial charge in [0.05, 0.1) is 17.4 Å². The van der Waals surface area contributed by atoms with Gasteiger partial charge in [0.15, 0.2) is 0 Å². The molecule has 3 fully saturated rings. The third kappa shape index (κ3) is 7.47. The Balaban J connectivity index is 0.00000200. The molecule has 1 amide bonds. The molecule has 4 heterocycles. The fourth-order valence-corrected chi connectivity index (χ4v) is 6.27. The summed E-state index contributed by atoms with van der Waals surface area (Å²) in [7, 11) is 0. The summed E-state index contributed by atoms with van der Waals surface area (Å²) in [6.07, 6.45) is 4.02. The van der Waals surface area contributed by atoms with Gasteiger partial charge in [-0.15, -0.1) is 24.8 Å². The van der Waals surface area contributed by atoms with Gasteiger partial charge in [0.2, 0.25) is 0 Å². The third-order valence-corrected chi connectivity index (χ3v) is 8.64. The third-order valence-electron chi connectivity index (χ3n) is 8.64. The number of aromatic nitrogens is 2. The van der Waals surface area contributed by atoms with E-state index in [1.807, 2.05) is 47.4 Å². The number of hydrogen-bond donors (Lipinski definition) is 3. The number of H-pyrrole nitrogens is 1. The van der Waals surface area contributed by atoms with Crippen molar-refractivity contribution in [1.82, 2.24) is 25.5 Å². The fourth-order valence-electron chi connectivity index (χ4n) is 6.27. The van der Waals surface area contributed by atoms with Crippen molar-refractivity contribution in [2.45, 2.75) is 31.5 Å². The van der Waals surface area contributed by atoms with Crippen LogP contribution in [0, 0.1) is 5.82 Å². The molecule has 3 aromatic carbocycles. The van der Waals surface area contributed by atoms with Crippen LogP contribution in [0.15, 0.2) is 60.9 Å². The normalized spacial score (nSPS) is 18.7. The Labute approximate surface area is 274 Å². The second-order valence-electron chi connectivity index (χ2n) is 11.6. The van der Waals surface area contributed by atoms with Crippen molar-refractivity contribution in [1.29, 1.82) is 0 Å². The molecule has 1 atom stereocenters. The van der Waals surface area contributed by atoms with Crippen molar-refractivity contribution >= 4 is 47.4 Å². The van der Waals surface area contributed by atoms with Crippen molar-refractivity contribution in [2.24, 2.45) is 0 Å².